The summed E-state index contributed by atoms with van der Waals surface area (Å²) in [6.45, 7) is 0.885. The van der Waals surface area contributed by atoms with E-state index < -0.39 is 0 Å². The smallest absolute Gasteiger partial charge is 0.260 e. The van der Waals surface area contributed by atoms with E-state index in [1.165, 1.54) is 6.20 Å². The second-order valence-electron chi connectivity index (χ2n) is 3.99. The van der Waals surface area contributed by atoms with Gasteiger partial charge in [-0.3, -0.25) is 4.79 Å². The summed E-state index contributed by atoms with van der Waals surface area (Å²) in [5, 5.41) is 2.71. The van der Waals surface area contributed by atoms with Crippen molar-refractivity contribution in [1.82, 2.24) is 9.97 Å². The third kappa shape index (κ3) is 2.50. The first kappa shape index (κ1) is 12.7. The molecule has 0 bridgehead atoms. The maximum absolute atomic E-state index is 12.2. The number of nitrogens with zero attached hydrogens (tertiary/aromatic N) is 2. The highest BCUT2D eigenvalue weighted by Crippen LogP contribution is 2.33. The Balaban J connectivity index is 1.88. The average molecular weight is 292 g/mol. The first-order valence-electron chi connectivity index (χ1n) is 5.92. The predicted molar refractivity (Wildman–Crippen MR) is 72.4 cm³/mol. The minimum atomic E-state index is -0.345. The van der Waals surface area contributed by atoms with E-state index in [9.17, 15) is 4.79 Å². The molecule has 7 heteroatoms. The first-order valence-corrected chi connectivity index (χ1v) is 6.30. The van der Waals surface area contributed by atoms with Gasteiger partial charge in [-0.1, -0.05) is 6.07 Å². The van der Waals surface area contributed by atoms with Crippen molar-refractivity contribution < 1.29 is 14.3 Å². The molecule has 0 saturated heterocycles. The number of rotatable bonds is 2. The highest BCUT2D eigenvalue weighted by molar-refractivity contribution is 6.28. The van der Waals surface area contributed by atoms with E-state index in [1.54, 1.807) is 24.3 Å². The van der Waals surface area contributed by atoms with Crippen molar-refractivity contribution in [3.05, 3.63) is 41.3 Å². The maximum Gasteiger partial charge on any atom is 0.260 e. The van der Waals surface area contributed by atoms with Gasteiger partial charge in [-0.25, -0.2) is 9.97 Å². The molecule has 1 aromatic carbocycles. The summed E-state index contributed by atoms with van der Waals surface area (Å²) < 4.78 is 10.9. The van der Waals surface area contributed by atoms with Crippen molar-refractivity contribution in [3.8, 4) is 11.5 Å². The number of hydrogen-bond donors (Lipinski definition) is 1. The van der Waals surface area contributed by atoms with Gasteiger partial charge in [0, 0.05) is 6.20 Å². The van der Waals surface area contributed by atoms with Crippen LogP contribution < -0.4 is 14.8 Å². The van der Waals surface area contributed by atoms with Gasteiger partial charge >= 0.3 is 0 Å². The van der Waals surface area contributed by atoms with Gasteiger partial charge in [0.15, 0.2) is 11.5 Å². The fourth-order valence-corrected chi connectivity index (χ4v) is 1.99. The standard InChI is InChI=1S/C13H10ClN3O3/c14-13-15-5-4-10(17-13)16-12(18)8-2-1-3-9-11(8)20-7-6-19-9/h1-5H,6-7H2,(H,15,16,17,18). The zero-order valence-corrected chi connectivity index (χ0v) is 11.1. The van der Waals surface area contributed by atoms with E-state index in [1.807, 2.05) is 0 Å². The van der Waals surface area contributed by atoms with Crippen LogP contribution in [0.1, 0.15) is 10.4 Å². The molecule has 0 atom stereocenters. The molecule has 20 heavy (non-hydrogen) atoms. The first-order chi connectivity index (χ1) is 9.74. The van der Waals surface area contributed by atoms with Gasteiger partial charge in [0.05, 0.1) is 5.56 Å². The number of nitrogens with one attached hydrogen (secondary N) is 1. The minimum Gasteiger partial charge on any atom is -0.486 e. The molecule has 0 spiro atoms. The van der Waals surface area contributed by atoms with Crippen LogP contribution in [-0.2, 0) is 0 Å². The van der Waals surface area contributed by atoms with Gasteiger partial charge in [-0.05, 0) is 29.8 Å². The molecule has 6 nitrogen and oxygen atoms in total. The molecule has 2 aromatic rings. The fraction of sp³-hybridized carbons (Fsp3) is 0.154. The van der Waals surface area contributed by atoms with Gasteiger partial charge in [0.1, 0.15) is 19.0 Å². The summed E-state index contributed by atoms with van der Waals surface area (Å²) in [5.74, 6) is 0.979. The molecule has 3 rings (SSSR count). The third-order valence-corrected chi connectivity index (χ3v) is 2.86. The molecular weight excluding hydrogens is 282 g/mol. The largest absolute Gasteiger partial charge is 0.486 e. The van der Waals surface area contributed by atoms with Crippen LogP contribution in [0.25, 0.3) is 0 Å². The normalized spacial score (nSPS) is 12.8. The minimum absolute atomic E-state index is 0.0671. The summed E-state index contributed by atoms with van der Waals surface area (Å²) in [5.41, 5.74) is 0.386. The van der Waals surface area contributed by atoms with Gasteiger partial charge < -0.3 is 14.8 Å². The molecule has 1 aliphatic rings. The molecule has 1 aromatic heterocycles. The summed E-state index contributed by atoms with van der Waals surface area (Å²) in [4.78, 5) is 19.9. The Morgan fingerprint density at radius 1 is 1.25 bits per heavy atom. The maximum atomic E-state index is 12.2. The molecule has 1 aliphatic heterocycles. The highest BCUT2D eigenvalue weighted by atomic mass is 35.5. The number of halogens is 1. The van der Waals surface area contributed by atoms with Crippen LogP contribution in [0.15, 0.2) is 30.5 Å². The van der Waals surface area contributed by atoms with Crippen molar-refractivity contribution in [1.29, 1.82) is 0 Å². The summed E-state index contributed by atoms with van der Waals surface area (Å²) in [6.07, 6.45) is 1.46. The lowest BCUT2D eigenvalue weighted by molar-refractivity contribution is 0.101. The van der Waals surface area contributed by atoms with Crippen LogP contribution in [-0.4, -0.2) is 29.1 Å². The summed E-state index contributed by atoms with van der Waals surface area (Å²) >= 11 is 5.67. The van der Waals surface area contributed by atoms with Gasteiger partial charge in [0.25, 0.3) is 5.91 Å². The monoisotopic (exact) mass is 291 g/mol. The SMILES string of the molecule is O=C(Nc1ccnc(Cl)n1)c1cccc2c1OCCO2. The quantitative estimate of drug-likeness (QED) is 0.858. The number of para-hydroxylation sites is 1. The van der Waals surface area contributed by atoms with Crippen LogP contribution >= 0.6 is 11.6 Å². The summed E-state index contributed by atoms with van der Waals surface area (Å²) in [6, 6.07) is 6.70. The zero-order chi connectivity index (χ0) is 13.9. The number of benzene rings is 1. The lowest BCUT2D eigenvalue weighted by atomic mass is 10.1. The Morgan fingerprint density at radius 2 is 2.10 bits per heavy atom. The number of carbonyl (C=O) groups excluding carboxylic acids is 1. The molecule has 102 valence electrons. The number of amides is 1. The number of fused-ring (bicyclic) bond motifs is 1. The lowest BCUT2D eigenvalue weighted by Gasteiger charge is -2.20. The van der Waals surface area contributed by atoms with E-state index >= 15 is 0 Å². The Kier molecular flexibility index (Phi) is 3.39. The highest BCUT2D eigenvalue weighted by Gasteiger charge is 2.20. The molecule has 0 unspecified atom stereocenters. The summed E-state index contributed by atoms with van der Waals surface area (Å²) in [7, 11) is 0. The average Bonchev–Trinajstić information content (AvgIpc) is 2.46. The van der Waals surface area contributed by atoms with Crippen molar-refractivity contribution >= 4 is 23.3 Å². The predicted octanol–water partition coefficient (Wildman–Crippen LogP) is 2.15. The van der Waals surface area contributed by atoms with Crippen LogP contribution in [0.5, 0.6) is 11.5 Å². The topological polar surface area (TPSA) is 73.3 Å². The second-order valence-corrected chi connectivity index (χ2v) is 4.33. The molecule has 0 fully saturated rings. The number of carbonyl (C=O) groups is 1. The Labute approximate surface area is 119 Å². The van der Waals surface area contributed by atoms with Crippen molar-refractivity contribution in [2.45, 2.75) is 0 Å². The molecule has 0 aliphatic carbocycles. The second kappa shape index (κ2) is 5.34. The van der Waals surface area contributed by atoms with Crippen molar-refractivity contribution in [2.75, 3.05) is 18.5 Å². The van der Waals surface area contributed by atoms with Gasteiger partial charge in [-0.15, -0.1) is 0 Å². The Morgan fingerprint density at radius 3 is 2.95 bits per heavy atom. The molecule has 1 N–H and O–H groups in total. The number of anilines is 1. The third-order valence-electron chi connectivity index (χ3n) is 2.68. The van der Waals surface area contributed by atoms with Crippen molar-refractivity contribution in [3.63, 3.8) is 0 Å². The number of hydrogen-bond acceptors (Lipinski definition) is 5. The molecule has 0 radical (unpaired) electrons. The zero-order valence-electron chi connectivity index (χ0n) is 10.3. The van der Waals surface area contributed by atoms with Gasteiger partial charge in [-0.2, -0.15) is 0 Å². The van der Waals surface area contributed by atoms with Gasteiger partial charge in [0.2, 0.25) is 5.28 Å². The van der Waals surface area contributed by atoms with Crippen LogP contribution in [0.3, 0.4) is 0 Å². The van der Waals surface area contributed by atoms with E-state index in [2.05, 4.69) is 15.3 Å². The Bertz CT molecular complexity index is 663. The molecule has 0 saturated carbocycles. The number of ether oxygens (including phenoxy) is 2. The number of aromatic nitrogens is 2. The lowest BCUT2D eigenvalue weighted by Crippen LogP contribution is -2.20. The van der Waals surface area contributed by atoms with E-state index in [-0.39, 0.29) is 11.2 Å². The fourth-order valence-electron chi connectivity index (χ4n) is 1.84. The van der Waals surface area contributed by atoms with Crippen LogP contribution in [0, 0.1) is 0 Å². The van der Waals surface area contributed by atoms with Crippen molar-refractivity contribution in [2.24, 2.45) is 0 Å². The Hall–Kier alpha value is -2.34. The van der Waals surface area contributed by atoms with E-state index in [0.29, 0.717) is 36.1 Å². The van der Waals surface area contributed by atoms with E-state index in [4.69, 9.17) is 21.1 Å². The van der Waals surface area contributed by atoms with Crippen LogP contribution in [0.2, 0.25) is 5.28 Å². The van der Waals surface area contributed by atoms with E-state index in [0.717, 1.165) is 0 Å². The molecular formula is C13H10ClN3O3. The molecule has 1 amide bonds. The van der Waals surface area contributed by atoms with Crippen LogP contribution in [0.4, 0.5) is 5.82 Å². The molecule has 2 heterocycles.